The fraction of sp³-hybridized carbons (Fsp3) is 0.467. The summed E-state index contributed by atoms with van der Waals surface area (Å²) in [7, 11) is 0. The molecule has 120 valence electrons. The molecule has 1 aliphatic rings. The number of carbonyl (C=O) groups excluding carboxylic acids is 1. The van der Waals surface area contributed by atoms with Crippen molar-refractivity contribution in [2.24, 2.45) is 0 Å². The molecule has 2 rings (SSSR count). The SMILES string of the molecule is O=C(COCCOc1ccccc1)NC1(C(=O)O)CCSC1. The monoisotopic (exact) mass is 325 g/mol. The van der Waals surface area contributed by atoms with Crippen LogP contribution in [0.5, 0.6) is 5.75 Å². The molecule has 7 heteroatoms. The molecule has 0 aliphatic carbocycles. The molecule has 1 aromatic carbocycles. The number of rotatable bonds is 8. The Morgan fingerprint density at radius 2 is 2.05 bits per heavy atom. The van der Waals surface area contributed by atoms with Crippen molar-refractivity contribution in [1.82, 2.24) is 5.32 Å². The van der Waals surface area contributed by atoms with Gasteiger partial charge in [0.2, 0.25) is 5.91 Å². The summed E-state index contributed by atoms with van der Waals surface area (Å²) in [5.74, 6) is 0.468. The van der Waals surface area contributed by atoms with E-state index in [2.05, 4.69) is 5.32 Å². The third kappa shape index (κ3) is 4.64. The lowest BCUT2D eigenvalue weighted by molar-refractivity contribution is -0.147. The zero-order chi connectivity index (χ0) is 15.8. The summed E-state index contributed by atoms with van der Waals surface area (Å²) in [5.41, 5.74) is -1.15. The van der Waals surface area contributed by atoms with Crippen molar-refractivity contribution in [3.05, 3.63) is 30.3 Å². The molecule has 0 aromatic heterocycles. The second kappa shape index (κ2) is 8.05. The highest BCUT2D eigenvalue weighted by molar-refractivity contribution is 7.99. The van der Waals surface area contributed by atoms with Gasteiger partial charge in [-0.15, -0.1) is 0 Å². The first-order valence-corrected chi connectivity index (χ1v) is 8.16. The molecule has 1 saturated heterocycles. The lowest BCUT2D eigenvalue weighted by atomic mass is 9.99. The topological polar surface area (TPSA) is 84.9 Å². The van der Waals surface area contributed by atoms with Crippen LogP contribution in [0.1, 0.15) is 6.42 Å². The number of thioether (sulfide) groups is 1. The van der Waals surface area contributed by atoms with E-state index in [1.807, 2.05) is 30.3 Å². The van der Waals surface area contributed by atoms with Gasteiger partial charge in [0.05, 0.1) is 6.61 Å². The van der Waals surface area contributed by atoms with E-state index in [0.717, 1.165) is 11.5 Å². The maximum Gasteiger partial charge on any atom is 0.330 e. The van der Waals surface area contributed by atoms with Crippen LogP contribution >= 0.6 is 11.8 Å². The molecule has 22 heavy (non-hydrogen) atoms. The minimum absolute atomic E-state index is 0.169. The number of benzene rings is 1. The third-order valence-electron chi connectivity index (χ3n) is 3.28. The fourth-order valence-electron chi connectivity index (χ4n) is 2.09. The van der Waals surface area contributed by atoms with Crippen LogP contribution < -0.4 is 10.1 Å². The average molecular weight is 325 g/mol. The number of carboxylic acid groups (broad SMARTS) is 1. The van der Waals surface area contributed by atoms with E-state index in [1.165, 1.54) is 11.8 Å². The van der Waals surface area contributed by atoms with Gasteiger partial charge in [-0.25, -0.2) is 4.79 Å². The van der Waals surface area contributed by atoms with Crippen LogP contribution in [-0.2, 0) is 14.3 Å². The Labute approximate surface area is 133 Å². The molecule has 0 saturated carbocycles. The maximum absolute atomic E-state index is 11.8. The van der Waals surface area contributed by atoms with Crippen LogP contribution in [0.3, 0.4) is 0 Å². The largest absolute Gasteiger partial charge is 0.491 e. The van der Waals surface area contributed by atoms with Crippen LogP contribution in [0.4, 0.5) is 0 Å². The number of carbonyl (C=O) groups is 2. The number of hydrogen-bond donors (Lipinski definition) is 2. The van der Waals surface area contributed by atoms with E-state index < -0.39 is 17.4 Å². The van der Waals surface area contributed by atoms with Crippen LogP contribution in [-0.4, -0.2) is 53.8 Å². The molecule has 0 radical (unpaired) electrons. The lowest BCUT2D eigenvalue weighted by Gasteiger charge is -2.24. The Hall–Kier alpha value is -1.73. The van der Waals surface area contributed by atoms with Gasteiger partial charge in [0, 0.05) is 5.75 Å². The zero-order valence-corrected chi connectivity index (χ0v) is 12.9. The number of para-hydroxylation sites is 1. The molecule has 1 amide bonds. The van der Waals surface area contributed by atoms with E-state index in [1.54, 1.807) is 0 Å². The van der Waals surface area contributed by atoms with Gasteiger partial charge in [-0.2, -0.15) is 11.8 Å². The Kier molecular flexibility index (Phi) is 6.09. The summed E-state index contributed by atoms with van der Waals surface area (Å²) in [6.07, 6.45) is 0.440. The van der Waals surface area contributed by atoms with E-state index >= 15 is 0 Å². The molecule has 1 fully saturated rings. The van der Waals surface area contributed by atoms with Crippen LogP contribution in [0, 0.1) is 0 Å². The first-order valence-electron chi connectivity index (χ1n) is 7.00. The predicted octanol–water partition coefficient (Wildman–Crippen LogP) is 1.16. The van der Waals surface area contributed by atoms with Gasteiger partial charge < -0.3 is 19.9 Å². The molecule has 2 N–H and O–H groups in total. The van der Waals surface area contributed by atoms with Crippen LogP contribution in [0.25, 0.3) is 0 Å². The summed E-state index contributed by atoms with van der Waals surface area (Å²) >= 11 is 1.52. The molecule has 6 nitrogen and oxygen atoms in total. The van der Waals surface area contributed by atoms with E-state index in [-0.39, 0.29) is 13.2 Å². The highest BCUT2D eigenvalue weighted by atomic mass is 32.2. The number of nitrogens with one attached hydrogen (secondary N) is 1. The van der Waals surface area contributed by atoms with E-state index in [9.17, 15) is 14.7 Å². The van der Waals surface area contributed by atoms with Gasteiger partial charge >= 0.3 is 5.97 Å². The average Bonchev–Trinajstić information content (AvgIpc) is 2.98. The first kappa shape index (κ1) is 16.6. The van der Waals surface area contributed by atoms with Gasteiger partial charge in [0.25, 0.3) is 0 Å². The molecule has 1 aromatic rings. The van der Waals surface area contributed by atoms with Crippen LogP contribution in [0.15, 0.2) is 30.3 Å². The molecule has 1 unspecified atom stereocenters. The summed E-state index contributed by atoms with van der Waals surface area (Å²) in [6.45, 7) is 0.423. The summed E-state index contributed by atoms with van der Waals surface area (Å²) in [5, 5.41) is 11.8. The van der Waals surface area contributed by atoms with Crippen molar-refractivity contribution in [1.29, 1.82) is 0 Å². The van der Waals surface area contributed by atoms with Gasteiger partial charge in [-0.1, -0.05) is 18.2 Å². The highest BCUT2D eigenvalue weighted by Gasteiger charge is 2.43. The summed E-state index contributed by atoms with van der Waals surface area (Å²) < 4.78 is 10.6. The maximum atomic E-state index is 11.8. The molecule has 1 heterocycles. The quantitative estimate of drug-likeness (QED) is 0.698. The Bertz CT molecular complexity index is 502. The summed E-state index contributed by atoms with van der Waals surface area (Å²) in [4.78, 5) is 23.1. The van der Waals surface area contributed by atoms with Gasteiger partial charge in [0.15, 0.2) is 0 Å². The first-order chi connectivity index (χ1) is 10.6. The molecular weight excluding hydrogens is 306 g/mol. The van der Waals surface area contributed by atoms with Crippen molar-refractivity contribution < 1.29 is 24.2 Å². The van der Waals surface area contributed by atoms with Gasteiger partial charge in [0.1, 0.15) is 24.5 Å². The minimum atomic E-state index is -1.15. The normalized spacial score (nSPS) is 20.5. The Balaban J connectivity index is 1.64. The van der Waals surface area contributed by atoms with Crippen molar-refractivity contribution in [3.63, 3.8) is 0 Å². The lowest BCUT2D eigenvalue weighted by Crippen LogP contribution is -2.55. The second-order valence-corrected chi connectivity index (χ2v) is 6.06. The second-order valence-electron chi connectivity index (χ2n) is 4.95. The molecule has 1 atom stereocenters. The standard InChI is InChI=1S/C15H19NO5S/c17-13(16-15(14(18)19)6-9-22-11-15)10-20-7-8-21-12-4-2-1-3-5-12/h1-5H,6-11H2,(H,16,17)(H,18,19). The van der Waals surface area contributed by atoms with Crippen LogP contribution in [0.2, 0.25) is 0 Å². The number of aliphatic carboxylic acids is 1. The van der Waals surface area contributed by atoms with Gasteiger partial charge in [-0.05, 0) is 24.3 Å². The minimum Gasteiger partial charge on any atom is -0.491 e. The Morgan fingerprint density at radius 3 is 2.68 bits per heavy atom. The molecule has 0 bridgehead atoms. The molecule has 0 spiro atoms. The predicted molar refractivity (Wildman–Crippen MR) is 83.2 cm³/mol. The third-order valence-corrected chi connectivity index (χ3v) is 4.47. The summed E-state index contributed by atoms with van der Waals surface area (Å²) in [6, 6.07) is 9.30. The van der Waals surface area contributed by atoms with Gasteiger partial charge in [-0.3, -0.25) is 4.79 Å². The highest BCUT2D eigenvalue weighted by Crippen LogP contribution is 2.28. The van der Waals surface area contributed by atoms with Crippen molar-refractivity contribution in [2.75, 3.05) is 31.3 Å². The van der Waals surface area contributed by atoms with E-state index in [0.29, 0.717) is 18.8 Å². The van der Waals surface area contributed by atoms with Crippen molar-refractivity contribution >= 4 is 23.6 Å². The number of carboxylic acids is 1. The molecular formula is C15H19NO5S. The fourth-order valence-corrected chi connectivity index (χ4v) is 3.41. The Morgan fingerprint density at radius 1 is 1.27 bits per heavy atom. The number of ether oxygens (including phenoxy) is 2. The smallest absolute Gasteiger partial charge is 0.330 e. The zero-order valence-electron chi connectivity index (χ0n) is 12.1. The van der Waals surface area contributed by atoms with Crippen molar-refractivity contribution in [3.8, 4) is 5.75 Å². The van der Waals surface area contributed by atoms with Crippen molar-refractivity contribution in [2.45, 2.75) is 12.0 Å². The molecule has 1 aliphatic heterocycles. The number of amides is 1. The van der Waals surface area contributed by atoms with E-state index in [4.69, 9.17) is 9.47 Å². The number of hydrogen-bond acceptors (Lipinski definition) is 5.